The maximum Gasteiger partial charge on any atom is 0.492 e. The summed E-state index contributed by atoms with van der Waals surface area (Å²) in [6.07, 6.45) is 1.90. The minimum atomic E-state index is -1.14. The van der Waals surface area contributed by atoms with Crippen molar-refractivity contribution in [2.24, 2.45) is 0 Å². The smallest absolute Gasteiger partial charge is 0.423 e. The van der Waals surface area contributed by atoms with Crippen LogP contribution in [0.15, 0.2) is 17.0 Å². The van der Waals surface area contributed by atoms with Gasteiger partial charge in [0, 0.05) is 4.90 Å². The van der Waals surface area contributed by atoms with E-state index in [4.69, 9.17) is 16.3 Å². The summed E-state index contributed by atoms with van der Waals surface area (Å²) in [5.74, 6) is 0. The second kappa shape index (κ2) is 6.28. The summed E-state index contributed by atoms with van der Waals surface area (Å²) in [5, 5.41) is 21.1. The Labute approximate surface area is 130 Å². The molecule has 112 valence electrons. The van der Waals surface area contributed by atoms with Crippen molar-refractivity contribution in [2.75, 3.05) is 6.26 Å². The van der Waals surface area contributed by atoms with E-state index < -0.39 is 18.3 Å². The molecule has 0 atom stereocenters. The molecule has 0 fully saturated rings. The van der Waals surface area contributed by atoms with E-state index in [1.807, 2.05) is 19.2 Å². The highest BCUT2D eigenvalue weighted by Crippen LogP contribution is 2.29. The van der Waals surface area contributed by atoms with E-state index in [2.05, 4.69) is 0 Å². The summed E-state index contributed by atoms with van der Waals surface area (Å²) in [6, 6.07) is 3.65. The third-order valence-electron chi connectivity index (χ3n) is 3.67. The van der Waals surface area contributed by atoms with Crippen LogP contribution in [0.4, 0.5) is 0 Å². The first-order valence-corrected chi connectivity index (χ1v) is 8.03. The molecule has 1 rings (SSSR count). The number of thioether (sulfide) groups is 1. The van der Waals surface area contributed by atoms with Crippen LogP contribution in [-0.2, 0) is 4.65 Å². The van der Waals surface area contributed by atoms with E-state index in [1.165, 1.54) is 11.8 Å². The van der Waals surface area contributed by atoms with E-state index >= 15 is 0 Å². The molecule has 0 saturated heterocycles. The third kappa shape index (κ3) is 3.71. The summed E-state index contributed by atoms with van der Waals surface area (Å²) < 4.78 is 5.66. The van der Waals surface area contributed by atoms with Crippen LogP contribution in [-0.4, -0.2) is 34.7 Å². The number of hydrogen-bond acceptors (Lipinski definition) is 4. The van der Waals surface area contributed by atoms with E-state index in [0.717, 1.165) is 10.5 Å². The SMILES string of the molecule is CSc1c(B(O)OC(C)(C)C(C)(C)O)ccc(C)c1Cl. The quantitative estimate of drug-likeness (QED) is 0.647. The molecule has 0 heterocycles. The average molecular weight is 317 g/mol. The predicted octanol–water partition coefficient (Wildman–Crippen LogP) is 2.62. The Morgan fingerprint density at radius 2 is 1.80 bits per heavy atom. The molecule has 0 spiro atoms. The lowest BCUT2D eigenvalue weighted by Crippen LogP contribution is -2.53. The lowest BCUT2D eigenvalue weighted by molar-refractivity contribution is -0.0983. The highest BCUT2D eigenvalue weighted by Gasteiger charge is 2.40. The molecule has 0 aliphatic carbocycles. The maximum atomic E-state index is 10.3. The van der Waals surface area contributed by atoms with Gasteiger partial charge in [-0.25, -0.2) is 0 Å². The molecule has 0 aliphatic heterocycles. The van der Waals surface area contributed by atoms with Crippen LogP contribution in [0.3, 0.4) is 0 Å². The van der Waals surface area contributed by atoms with Gasteiger partial charge in [0.1, 0.15) is 0 Å². The molecule has 0 unspecified atom stereocenters. The van der Waals surface area contributed by atoms with Gasteiger partial charge < -0.3 is 14.8 Å². The first kappa shape index (κ1) is 17.9. The van der Waals surface area contributed by atoms with Crippen molar-refractivity contribution in [3.05, 3.63) is 22.7 Å². The molecule has 0 aliphatic rings. The molecule has 1 aromatic rings. The Morgan fingerprint density at radius 3 is 2.25 bits per heavy atom. The summed E-state index contributed by atoms with van der Waals surface area (Å²) in [7, 11) is -1.14. The number of hydrogen-bond donors (Lipinski definition) is 2. The third-order valence-corrected chi connectivity index (χ3v) is 5.12. The highest BCUT2D eigenvalue weighted by atomic mass is 35.5. The van der Waals surface area contributed by atoms with Crippen molar-refractivity contribution in [2.45, 2.75) is 50.7 Å². The summed E-state index contributed by atoms with van der Waals surface area (Å²) >= 11 is 7.73. The molecule has 0 radical (unpaired) electrons. The standard InChI is InChI=1S/C14H22BClO3S/c1-9-7-8-10(12(20-6)11(9)16)15(18)19-14(4,5)13(2,3)17/h7-8,17-18H,1-6H3. The Bertz CT molecular complexity index is 486. The first-order chi connectivity index (χ1) is 9.01. The zero-order chi connectivity index (χ0) is 15.7. The van der Waals surface area contributed by atoms with Gasteiger partial charge in [-0.2, -0.15) is 0 Å². The lowest BCUT2D eigenvalue weighted by atomic mass is 9.76. The van der Waals surface area contributed by atoms with Gasteiger partial charge in [0.25, 0.3) is 0 Å². The average Bonchev–Trinajstić information content (AvgIpc) is 2.30. The fraction of sp³-hybridized carbons (Fsp3) is 0.571. The van der Waals surface area contributed by atoms with Gasteiger partial charge in [0.05, 0.1) is 16.2 Å². The number of aliphatic hydroxyl groups is 1. The molecular formula is C14H22BClO3S. The van der Waals surface area contributed by atoms with Crippen molar-refractivity contribution in [3.8, 4) is 0 Å². The van der Waals surface area contributed by atoms with Crippen LogP contribution < -0.4 is 5.46 Å². The van der Waals surface area contributed by atoms with Crippen LogP contribution >= 0.6 is 23.4 Å². The molecule has 0 amide bonds. The molecule has 3 nitrogen and oxygen atoms in total. The number of rotatable bonds is 5. The second-order valence-corrected chi connectivity index (χ2v) is 7.05. The van der Waals surface area contributed by atoms with E-state index in [1.54, 1.807) is 33.8 Å². The summed E-state index contributed by atoms with van der Waals surface area (Å²) in [6.45, 7) is 8.70. The normalized spacial score (nSPS) is 12.7. The van der Waals surface area contributed by atoms with E-state index in [-0.39, 0.29) is 0 Å². The van der Waals surface area contributed by atoms with Crippen molar-refractivity contribution < 1.29 is 14.8 Å². The van der Waals surface area contributed by atoms with Crippen molar-refractivity contribution in [1.29, 1.82) is 0 Å². The highest BCUT2D eigenvalue weighted by molar-refractivity contribution is 7.99. The van der Waals surface area contributed by atoms with Crippen LogP contribution in [0.5, 0.6) is 0 Å². The van der Waals surface area contributed by atoms with Crippen LogP contribution in [0.1, 0.15) is 33.3 Å². The molecule has 20 heavy (non-hydrogen) atoms. The molecule has 2 N–H and O–H groups in total. The molecule has 1 aromatic carbocycles. The Kier molecular flexibility index (Phi) is 5.61. The fourth-order valence-electron chi connectivity index (χ4n) is 1.56. The van der Waals surface area contributed by atoms with E-state index in [9.17, 15) is 10.1 Å². The van der Waals surface area contributed by atoms with E-state index in [0.29, 0.717) is 10.5 Å². The number of aryl methyl sites for hydroxylation is 1. The molecule has 6 heteroatoms. The molecule has 0 bridgehead atoms. The van der Waals surface area contributed by atoms with Crippen LogP contribution in [0.25, 0.3) is 0 Å². The second-order valence-electron chi connectivity index (χ2n) is 5.86. The molecule has 0 saturated carbocycles. The Morgan fingerprint density at radius 1 is 1.25 bits per heavy atom. The summed E-state index contributed by atoms with van der Waals surface area (Å²) in [5.41, 5.74) is -0.416. The zero-order valence-corrected chi connectivity index (χ0v) is 14.4. The molecular weight excluding hydrogens is 294 g/mol. The van der Waals surface area contributed by atoms with Gasteiger partial charge in [0.15, 0.2) is 0 Å². The lowest BCUT2D eigenvalue weighted by Gasteiger charge is -2.38. The zero-order valence-electron chi connectivity index (χ0n) is 12.8. The monoisotopic (exact) mass is 316 g/mol. The predicted molar refractivity (Wildman–Crippen MR) is 87.0 cm³/mol. The summed E-state index contributed by atoms with van der Waals surface area (Å²) in [4.78, 5) is 0.797. The minimum Gasteiger partial charge on any atom is -0.423 e. The maximum absolute atomic E-state index is 10.3. The van der Waals surface area contributed by atoms with Crippen molar-refractivity contribution in [1.82, 2.24) is 0 Å². The van der Waals surface area contributed by atoms with Gasteiger partial charge in [-0.3, -0.25) is 0 Å². The van der Waals surface area contributed by atoms with Crippen LogP contribution in [0, 0.1) is 6.92 Å². The van der Waals surface area contributed by atoms with Gasteiger partial charge in [-0.1, -0.05) is 23.7 Å². The van der Waals surface area contributed by atoms with Gasteiger partial charge in [-0.15, -0.1) is 11.8 Å². The van der Waals surface area contributed by atoms with Gasteiger partial charge in [-0.05, 0) is 51.9 Å². The fourth-order valence-corrected chi connectivity index (χ4v) is 2.71. The minimum absolute atomic E-state index is 0.616. The number of halogens is 1. The topological polar surface area (TPSA) is 49.7 Å². The Hall–Kier alpha value is -0.195. The largest absolute Gasteiger partial charge is 0.492 e. The Balaban J connectivity index is 3.11. The molecule has 0 aromatic heterocycles. The van der Waals surface area contributed by atoms with Crippen molar-refractivity contribution in [3.63, 3.8) is 0 Å². The van der Waals surface area contributed by atoms with Crippen LogP contribution in [0.2, 0.25) is 5.02 Å². The first-order valence-electron chi connectivity index (χ1n) is 6.42. The van der Waals surface area contributed by atoms with Gasteiger partial charge in [0.2, 0.25) is 0 Å². The van der Waals surface area contributed by atoms with Crippen molar-refractivity contribution >= 4 is 35.9 Å². The number of benzene rings is 1. The van der Waals surface area contributed by atoms with Gasteiger partial charge >= 0.3 is 7.12 Å².